The van der Waals surface area contributed by atoms with Gasteiger partial charge < -0.3 is 20.2 Å². The molecule has 0 aliphatic carbocycles. The highest BCUT2D eigenvalue weighted by Gasteiger charge is 2.23. The summed E-state index contributed by atoms with van der Waals surface area (Å²) in [7, 11) is -8.97. The van der Waals surface area contributed by atoms with Gasteiger partial charge in [-0.25, -0.2) is 0 Å². The van der Waals surface area contributed by atoms with Gasteiger partial charge in [-0.05, 0) is 32.1 Å². The molecule has 14 heteroatoms. The molecule has 0 aromatic carbocycles. The maximum atomic E-state index is 12.8. The van der Waals surface area contributed by atoms with E-state index in [1.165, 1.54) is 48.3 Å². The van der Waals surface area contributed by atoms with E-state index < -0.39 is 43.9 Å². The number of hydrogen-bond donors (Lipinski definition) is 5. The molecule has 0 radical (unpaired) electrons. The predicted octanol–water partition coefficient (Wildman–Crippen LogP) is 2.64. The number of rotatable bonds is 28. The van der Waals surface area contributed by atoms with Crippen molar-refractivity contribution in [1.82, 2.24) is 9.80 Å². The third-order valence-electron chi connectivity index (χ3n) is 6.81. The zero-order chi connectivity index (χ0) is 31.9. The summed E-state index contributed by atoms with van der Waals surface area (Å²) >= 11 is 0. The average Bonchev–Trinajstić information content (AvgIpc) is 2.86. The van der Waals surface area contributed by atoms with Gasteiger partial charge >= 0.3 is 0 Å². The van der Waals surface area contributed by atoms with Crippen molar-refractivity contribution in [3.63, 3.8) is 0 Å². The number of unbranched alkanes of at least 4 members (excludes halogenated alkanes) is 11. The lowest BCUT2D eigenvalue weighted by molar-refractivity contribution is -0.132. The molecule has 0 bridgehead atoms. The fourth-order valence-corrected chi connectivity index (χ4v) is 5.88. The smallest absolute Gasteiger partial charge is 0.267 e. The molecule has 0 aromatic rings. The molecule has 0 aliphatic rings. The third kappa shape index (κ3) is 26.5. The van der Waals surface area contributed by atoms with Crippen LogP contribution in [-0.2, 0) is 25.0 Å². The molecule has 0 aliphatic heterocycles. The van der Waals surface area contributed by atoms with Gasteiger partial charge in [-0.3, -0.25) is 18.8 Å². The third-order valence-corrected chi connectivity index (χ3v) is 8.42. The monoisotopic (exact) mass is 644 g/mol. The summed E-state index contributed by atoms with van der Waals surface area (Å²) in [4.78, 5) is 15.5. The molecule has 0 aromatic heterocycles. The summed E-state index contributed by atoms with van der Waals surface area (Å²) in [6.07, 6.45) is 16.6. The molecule has 0 rings (SSSR count). The molecule has 250 valence electrons. The zero-order valence-corrected chi connectivity index (χ0v) is 27.0. The predicted molar refractivity (Wildman–Crippen MR) is 164 cm³/mol. The Morgan fingerprint density at radius 2 is 1.14 bits per heavy atom. The molecule has 1 amide bonds. The topological polar surface area (TPSA) is 193 Å². The number of carbonyl (C=O) groups excluding carboxylic acids is 1. The van der Waals surface area contributed by atoms with Crippen molar-refractivity contribution in [2.75, 3.05) is 50.8 Å². The van der Waals surface area contributed by atoms with Gasteiger partial charge in [0.15, 0.2) is 0 Å². The van der Waals surface area contributed by atoms with Gasteiger partial charge in [0.1, 0.15) is 11.5 Å². The molecule has 42 heavy (non-hydrogen) atoms. The number of aliphatic hydroxyl groups excluding tert-OH is 3. The highest BCUT2D eigenvalue weighted by Crippen LogP contribution is 2.11. The van der Waals surface area contributed by atoms with Crippen molar-refractivity contribution >= 4 is 26.1 Å². The first-order chi connectivity index (χ1) is 19.8. The molecular formula is C28H56N2O10S2. The van der Waals surface area contributed by atoms with Crippen LogP contribution < -0.4 is 0 Å². The average molecular weight is 645 g/mol. The molecule has 0 spiro atoms. The van der Waals surface area contributed by atoms with Crippen LogP contribution in [0.1, 0.15) is 96.8 Å². The van der Waals surface area contributed by atoms with E-state index in [1.807, 2.05) is 0 Å². The van der Waals surface area contributed by atoms with Gasteiger partial charge in [0.2, 0.25) is 5.91 Å². The summed E-state index contributed by atoms with van der Waals surface area (Å²) < 4.78 is 62.3. The van der Waals surface area contributed by atoms with Crippen LogP contribution >= 0.6 is 0 Å². The molecule has 0 saturated heterocycles. The van der Waals surface area contributed by atoms with Crippen LogP contribution in [0.4, 0.5) is 0 Å². The van der Waals surface area contributed by atoms with Gasteiger partial charge in [-0.15, -0.1) is 0 Å². The van der Waals surface area contributed by atoms with E-state index >= 15 is 0 Å². The molecule has 5 N–H and O–H groups in total. The number of aliphatic hydroxyl groups is 3. The number of carbonyl (C=O) groups is 1. The Hall–Kier alpha value is -1.13. The fourth-order valence-electron chi connectivity index (χ4n) is 4.69. The fraction of sp³-hybridized carbons (Fsp3) is 0.893. The Morgan fingerprint density at radius 3 is 1.60 bits per heavy atom. The Morgan fingerprint density at radius 1 is 0.690 bits per heavy atom. The minimum atomic E-state index is -4.48. The van der Waals surface area contributed by atoms with E-state index in [4.69, 9.17) is 9.11 Å². The van der Waals surface area contributed by atoms with E-state index in [2.05, 4.69) is 19.1 Å². The quantitative estimate of drug-likeness (QED) is 0.0478. The second-order valence-electron chi connectivity index (χ2n) is 11.0. The lowest BCUT2D eigenvalue weighted by Gasteiger charge is -2.30. The van der Waals surface area contributed by atoms with E-state index in [1.54, 1.807) is 0 Å². The van der Waals surface area contributed by atoms with Crippen molar-refractivity contribution in [1.29, 1.82) is 0 Å². The Kier molecular flexibility index (Phi) is 23.6. The van der Waals surface area contributed by atoms with Crippen LogP contribution in [-0.4, -0.2) is 120 Å². The lowest BCUT2D eigenvalue weighted by atomic mass is 10.1. The largest absolute Gasteiger partial charge is 0.395 e. The van der Waals surface area contributed by atoms with Crippen LogP contribution in [0.2, 0.25) is 0 Å². The Bertz CT molecular complexity index is 887. The standard InChI is InChI=1S/C28H56N2O10S2/c1-2-3-4-5-6-7-8-9-10-11-12-13-14-15-16-17-28(34)30(20-21-31)19-18-29(22-26(32)24-41(35,36)37)23-27(33)25-42(38,39)40/h9-10,26-27,31-33H,2-8,11-25H2,1H3,(H,35,36,37)(H,38,39,40)/b10-9-. The molecule has 2 unspecified atom stereocenters. The maximum Gasteiger partial charge on any atom is 0.267 e. The molecular weight excluding hydrogens is 588 g/mol. The van der Waals surface area contributed by atoms with Crippen LogP contribution in [0.25, 0.3) is 0 Å². The van der Waals surface area contributed by atoms with Crippen LogP contribution in [0.15, 0.2) is 12.2 Å². The summed E-state index contributed by atoms with van der Waals surface area (Å²) in [5, 5.41) is 29.5. The molecule has 0 saturated carbocycles. The van der Waals surface area contributed by atoms with Crippen molar-refractivity contribution in [2.24, 2.45) is 0 Å². The van der Waals surface area contributed by atoms with Gasteiger partial charge in [0, 0.05) is 39.1 Å². The first-order valence-electron chi connectivity index (χ1n) is 15.3. The van der Waals surface area contributed by atoms with E-state index in [-0.39, 0.29) is 51.7 Å². The second-order valence-corrected chi connectivity index (χ2v) is 14.0. The zero-order valence-electron chi connectivity index (χ0n) is 25.4. The van der Waals surface area contributed by atoms with Crippen molar-refractivity contribution < 1.29 is 46.1 Å². The van der Waals surface area contributed by atoms with Crippen molar-refractivity contribution in [3.8, 4) is 0 Å². The summed E-state index contributed by atoms with van der Waals surface area (Å²) in [6, 6.07) is 0. The first kappa shape index (κ1) is 40.9. The van der Waals surface area contributed by atoms with Gasteiger partial charge in [0.25, 0.3) is 20.2 Å². The number of nitrogens with zero attached hydrogens (tertiary/aromatic N) is 2. The first-order valence-corrected chi connectivity index (χ1v) is 18.5. The van der Waals surface area contributed by atoms with Crippen LogP contribution in [0, 0.1) is 0 Å². The lowest BCUT2D eigenvalue weighted by Crippen LogP contribution is -2.46. The minimum Gasteiger partial charge on any atom is -0.395 e. The minimum absolute atomic E-state index is 0.0171. The highest BCUT2D eigenvalue weighted by molar-refractivity contribution is 7.86. The number of hydrogen-bond acceptors (Lipinski definition) is 9. The van der Waals surface area contributed by atoms with E-state index in [0.717, 1.165) is 38.5 Å². The van der Waals surface area contributed by atoms with Gasteiger partial charge in [0.05, 0.1) is 18.8 Å². The number of amides is 1. The normalized spacial score (nSPS) is 14.1. The Balaban J connectivity index is 4.50. The number of allylic oxidation sites excluding steroid dienone is 2. The summed E-state index contributed by atoms with van der Waals surface area (Å²) in [5.41, 5.74) is 0. The summed E-state index contributed by atoms with van der Waals surface area (Å²) in [6.45, 7) is 1.38. The van der Waals surface area contributed by atoms with Gasteiger partial charge in [-0.1, -0.05) is 70.4 Å². The van der Waals surface area contributed by atoms with E-state index in [9.17, 15) is 36.9 Å². The van der Waals surface area contributed by atoms with E-state index in [0.29, 0.717) is 6.42 Å². The van der Waals surface area contributed by atoms with Crippen molar-refractivity contribution in [3.05, 3.63) is 12.2 Å². The van der Waals surface area contributed by atoms with Crippen molar-refractivity contribution in [2.45, 2.75) is 109 Å². The van der Waals surface area contributed by atoms with Gasteiger partial charge in [-0.2, -0.15) is 16.8 Å². The van der Waals surface area contributed by atoms with Crippen LogP contribution in [0.3, 0.4) is 0 Å². The highest BCUT2D eigenvalue weighted by atomic mass is 32.2. The molecule has 0 fully saturated rings. The van der Waals surface area contributed by atoms with Crippen LogP contribution in [0.5, 0.6) is 0 Å². The second kappa shape index (κ2) is 24.2. The maximum absolute atomic E-state index is 12.8. The summed E-state index contributed by atoms with van der Waals surface area (Å²) in [5.74, 6) is -2.11. The SMILES string of the molecule is CCCCCCCC/C=C\CCCCCCCC(=O)N(CCO)CCN(CC(O)CS(=O)(=O)O)CC(O)CS(=O)(=O)O. The Labute approximate surface area is 253 Å². The molecule has 12 nitrogen and oxygen atoms in total. The molecule has 2 atom stereocenters. The molecule has 0 heterocycles.